The highest BCUT2D eigenvalue weighted by atomic mass is 14.9. The average molecular weight is 127 g/mol. The molecule has 0 unspecified atom stereocenters. The van der Waals surface area contributed by atoms with E-state index in [-0.39, 0.29) is 0 Å². The van der Waals surface area contributed by atoms with Crippen molar-refractivity contribution in [1.29, 1.82) is 0 Å². The highest BCUT2D eigenvalue weighted by molar-refractivity contribution is 4.73. The SMILES string of the molecule is CC[C@H]1CCN[C@@H](C)C1. The molecule has 1 N–H and O–H groups in total. The van der Waals surface area contributed by atoms with Gasteiger partial charge in [0.15, 0.2) is 0 Å². The lowest BCUT2D eigenvalue weighted by Gasteiger charge is -2.26. The van der Waals surface area contributed by atoms with Gasteiger partial charge >= 0.3 is 0 Å². The van der Waals surface area contributed by atoms with Crippen LogP contribution in [-0.2, 0) is 0 Å². The third-order valence-corrected chi connectivity index (χ3v) is 2.31. The summed E-state index contributed by atoms with van der Waals surface area (Å²) in [5.41, 5.74) is 0. The molecule has 0 bridgehead atoms. The molecular formula is C8H17N. The van der Waals surface area contributed by atoms with Crippen LogP contribution in [0.25, 0.3) is 0 Å². The van der Waals surface area contributed by atoms with Crippen LogP contribution < -0.4 is 5.32 Å². The lowest BCUT2D eigenvalue weighted by Crippen LogP contribution is -2.35. The molecular weight excluding hydrogens is 110 g/mol. The summed E-state index contributed by atoms with van der Waals surface area (Å²) in [7, 11) is 0. The number of piperidine rings is 1. The monoisotopic (exact) mass is 127 g/mol. The second-order valence-electron chi connectivity index (χ2n) is 3.15. The minimum absolute atomic E-state index is 0.767. The number of hydrogen-bond donors (Lipinski definition) is 1. The summed E-state index contributed by atoms with van der Waals surface area (Å²) in [6, 6.07) is 0.767. The van der Waals surface area contributed by atoms with Crippen molar-refractivity contribution in [3.8, 4) is 0 Å². The summed E-state index contributed by atoms with van der Waals surface area (Å²) in [4.78, 5) is 0. The first kappa shape index (κ1) is 7.07. The van der Waals surface area contributed by atoms with E-state index in [1.807, 2.05) is 0 Å². The zero-order chi connectivity index (χ0) is 6.69. The zero-order valence-corrected chi connectivity index (χ0v) is 6.48. The van der Waals surface area contributed by atoms with Crippen LogP contribution in [0, 0.1) is 5.92 Å². The summed E-state index contributed by atoms with van der Waals surface area (Å²) < 4.78 is 0. The maximum absolute atomic E-state index is 3.45. The van der Waals surface area contributed by atoms with Crippen molar-refractivity contribution in [2.24, 2.45) is 5.92 Å². The van der Waals surface area contributed by atoms with Crippen LogP contribution >= 0.6 is 0 Å². The van der Waals surface area contributed by atoms with E-state index in [0.717, 1.165) is 12.0 Å². The van der Waals surface area contributed by atoms with Crippen LogP contribution in [0.5, 0.6) is 0 Å². The highest BCUT2D eigenvalue weighted by Gasteiger charge is 2.15. The Balaban J connectivity index is 2.23. The topological polar surface area (TPSA) is 12.0 Å². The van der Waals surface area contributed by atoms with Gasteiger partial charge in [0.05, 0.1) is 0 Å². The van der Waals surface area contributed by atoms with E-state index in [9.17, 15) is 0 Å². The molecule has 2 atom stereocenters. The summed E-state index contributed by atoms with van der Waals surface area (Å²) in [5, 5.41) is 3.45. The molecule has 1 saturated heterocycles. The molecule has 1 aliphatic heterocycles. The van der Waals surface area contributed by atoms with E-state index in [1.54, 1.807) is 0 Å². The van der Waals surface area contributed by atoms with Gasteiger partial charge in [-0.15, -0.1) is 0 Å². The predicted molar refractivity (Wildman–Crippen MR) is 40.5 cm³/mol. The molecule has 0 aromatic carbocycles. The average Bonchev–Trinajstić information content (AvgIpc) is 1.88. The van der Waals surface area contributed by atoms with Crippen LogP contribution in [0.15, 0.2) is 0 Å². The molecule has 9 heavy (non-hydrogen) atoms. The molecule has 0 aliphatic carbocycles. The Morgan fingerprint density at radius 3 is 2.78 bits per heavy atom. The molecule has 1 fully saturated rings. The van der Waals surface area contributed by atoms with E-state index >= 15 is 0 Å². The van der Waals surface area contributed by atoms with Crippen molar-refractivity contribution in [2.45, 2.75) is 39.2 Å². The quantitative estimate of drug-likeness (QED) is 0.566. The van der Waals surface area contributed by atoms with Gasteiger partial charge in [0.1, 0.15) is 0 Å². The van der Waals surface area contributed by atoms with Gasteiger partial charge < -0.3 is 5.32 Å². The van der Waals surface area contributed by atoms with E-state index in [2.05, 4.69) is 19.2 Å². The summed E-state index contributed by atoms with van der Waals surface area (Å²) >= 11 is 0. The maximum Gasteiger partial charge on any atom is 0.00413 e. The lowest BCUT2D eigenvalue weighted by molar-refractivity contribution is 0.308. The van der Waals surface area contributed by atoms with Crippen molar-refractivity contribution >= 4 is 0 Å². The molecule has 1 nitrogen and oxygen atoms in total. The van der Waals surface area contributed by atoms with Gasteiger partial charge in [-0.3, -0.25) is 0 Å². The van der Waals surface area contributed by atoms with E-state index < -0.39 is 0 Å². The maximum atomic E-state index is 3.45. The molecule has 0 aromatic rings. The number of hydrogen-bond acceptors (Lipinski definition) is 1. The van der Waals surface area contributed by atoms with E-state index in [4.69, 9.17) is 0 Å². The van der Waals surface area contributed by atoms with Crippen molar-refractivity contribution in [2.75, 3.05) is 6.54 Å². The normalized spacial score (nSPS) is 36.7. The summed E-state index contributed by atoms with van der Waals surface area (Å²) in [6.07, 6.45) is 4.14. The fourth-order valence-electron chi connectivity index (χ4n) is 1.61. The molecule has 0 aromatic heterocycles. The molecule has 0 saturated carbocycles. The fourth-order valence-corrected chi connectivity index (χ4v) is 1.61. The minimum atomic E-state index is 0.767. The van der Waals surface area contributed by atoms with Gasteiger partial charge in [0, 0.05) is 6.04 Å². The Kier molecular flexibility index (Phi) is 2.52. The van der Waals surface area contributed by atoms with Crippen molar-refractivity contribution in [1.82, 2.24) is 5.32 Å². The lowest BCUT2D eigenvalue weighted by atomic mass is 9.91. The van der Waals surface area contributed by atoms with Crippen LogP contribution in [0.1, 0.15) is 33.1 Å². The largest absolute Gasteiger partial charge is 0.314 e. The predicted octanol–water partition coefficient (Wildman–Crippen LogP) is 1.78. The van der Waals surface area contributed by atoms with Crippen LogP contribution in [0.3, 0.4) is 0 Å². The van der Waals surface area contributed by atoms with Gasteiger partial charge in [-0.25, -0.2) is 0 Å². The molecule has 1 heteroatoms. The third-order valence-electron chi connectivity index (χ3n) is 2.31. The summed E-state index contributed by atoms with van der Waals surface area (Å²) in [5.74, 6) is 1.00. The Bertz CT molecular complexity index is 80.6. The highest BCUT2D eigenvalue weighted by Crippen LogP contribution is 2.18. The van der Waals surface area contributed by atoms with Crippen LogP contribution in [0.4, 0.5) is 0 Å². The van der Waals surface area contributed by atoms with Crippen LogP contribution in [0.2, 0.25) is 0 Å². The van der Waals surface area contributed by atoms with Gasteiger partial charge in [-0.05, 0) is 32.2 Å². The minimum Gasteiger partial charge on any atom is -0.314 e. The molecule has 1 aliphatic rings. The molecule has 54 valence electrons. The Hall–Kier alpha value is -0.0400. The fraction of sp³-hybridized carbons (Fsp3) is 1.00. The van der Waals surface area contributed by atoms with E-state index in [1.165, 1.54) is 25.8 Å². The zero-order valence-electron chi connectivity index (χ0n) is 6.48. The van der Waals surface area contributed by atoms with Gasteiger partial charge in [0.2, 0.25) is 0 Å². The Morgan fingerprint density at radius 1 is 1.56 bits per heavy atom. The third kappa shape index (κ3) is 1.98. The van der Waals surface area contributed by atoms with Gasteiger partial charge in [-0.1, -0.05) is 13.3 Å². The standard InChI is InChI=1S/C8H17N/c1-3-8-4-5-9-7(2)6-8/h7-9H,3-6H2,1-2H3/t7-,8-/m0/s1. The molecule has 1 rings (SSSR count). The van der Waals surface area contributed by atoms with Crippen LogP contribution in [-0.4, -0.2) is 12.6 Å². The smallest absolute Gasteiger partial charge is 0.00413 e. The van der Waals surface area contributed by atoms with Crippen molar-refractivity contribution in [3.63, 3.8) is 0 Å². The van der Waals surface area contributed by atoms with Crippen molar-refractivity contribution < 1.29 is 0 Å². The number of rotatable bonds is 1. The first-order chi connectivity index (χ1) is 4.33. The molecule has 0 amide bonds. The van der Waals surface area contributed by atoms with E-state index in [0.29, 0.717) is 0 Å². The molecule has 0 spiro atoms. The Labute approximate surface area is 57.8 Å². The first-order valence-corrected chi connectivity index (χ1v) is 4.06. The second-order valence-corrected chi connectivity index (χ2v) is 3.15. The van der Waals surface area contributed by atoms with Crippen molar-refractivity contribution in [3.05, 3.63) is 0 Å². The van der Waals surface area contributed by atoms with Gasteiger partial charge in [-0.2, -0.15) is 0 Å². The second kappa shape index (κ2) is 3.21. The first-order valence-electron chi connectivity index (χ1n) is 4.06. The molecule has 0 radical (unpaired) electrons. The summed E-state index contributed by atoms with van der Waals surface area (Å²) in [6.45, 7) is 5.81. The number of nitrogens with one attached hydrogen (secondary N) is 1. The Morgan fingerprint density at radius 2 is 2.33 bits per heavy atom. The van der Waals surface area contributed by atoms with Gasteiger partial charge in [0.25, 0.3) is 0 Å². The molecule has 1 heterocycles.